The zero-order valence-electron chi connectivity index (χ0n) is 12.2. The van der Waals surface area contributed by atoms with Gasteiger partial charge in [-0.05, 0) is 5.56 Å². The van der Waals surface area contributed by atoms with E-state index in [9.17, 15) is 9.90 Å². The molecule has 0 amide bonds. The van der Waals surface area contributed by atoms with Crippen molar-refractivity contribution in [1.82, 2.24) is 0 Å². The number of phenols is 1. The van der Waals surface area contributed by atoms with Crippen LogP contribution < -0.4 is 4.74 Å². The van der Waals surface area contributed by atoms with Crippen LogP contribution in [0.4, 0.5) is 0 Å². The minimum Gasteiger partial charge on any atom is -0.507 e. The fourth-order valence-electron chi connectivity index (χ4n) is 2.01. The highest BCUT2D eigenvalue weighted by atomic mass is 35.5. The SMILES string of the molecule is COC(=O)c1c(O)cc(OC)c(Cl)c1/C=C/c1ccccc1. The summed E-state index contributed by atoms with van der Waals surface area (Å²) in [5, 5.41) is 10.3. The van der Waals surface area contributed by atoms with Crippen LogP contribution in [-0.2, 0) is 4.74 Å². The van der Waals surface area contributed by atoms with E-state index in [1.54, 1.807) is 12.2 Å². The summed E-state index contributed by atoms with van der Waals surface area (Å²) in [5.74, 6) is -0.643. The zero-order chi connectivity index (χ0) is 16.1. The lowest BCUT2D eigenvalue weighted by atomic mass is 10.0. The van der Waals surface area contributed by atoms with Crippen molar-refractivity contribution in [2.45, 2.75) is 0 Å². The number of rotatable bonds is 4. The Kier molecular flexibility index (Phi) is 5.07. The lowest BCUT2D eigenvalue weighted by Crippen LogP contribution is -2.05. The Balaban J connectivity index is 2.58. The van der Waals surface area contributed by atoms with Crippen LogP contribution in [0.15, 0.2) is 36.4 Å². The molecule has 0 unspecified atom stereocenters. The number of esters is 1. The first-order chi connectivity index (χ1) is 10.6. The monoisotopic (exact) mass is 318 g/mol. The number of phenolic OH excluding ortho intramolecular Hbond substituents is 1. The maximum atomic E-state index is 11.9. The highest BCUT2D eigenvalue weighted by Gasteiger charge is 2.21. The molecule has 0 radical (unpaired) electrons. The molecule has 0 atom stereocenters. The topological polar surface area (TPSA) is 55.8 Å². The molecule has 0 saturated heterocycles. The molecule has 2 aromatic rings. The van der Waals surface area contributed by atoms with Gasteiger partial charge in [-0.3, -0.25) is 0 Å². The lowest BCUT2D eigenvalue weighted by Gasteiger charge is -2.12. The van der Waals surface area contributed by atoms with Crippen molar-refractivity contribution in [2.24, 2.45) is 0 Å². The number of carbonyl (C=O) groups excluding carboxylic acids is 1. The van der Waals surface area contributed by atoms with E-state index in [0.29, 0.717) is 5.56 Å². The highest BCUT2D eigenvalue weighted by Crippen LogP contribution is 2.38. The minimum atomic E-state index is -0.672. The largest absolute Gasteiger partial charge is 0.507 e. The van der Waals surface area contributed by atoms with E-state index in [1.807, 2.05) is 30.3 Å². The van der Waals surface area contributed by atoms with E-state index in [0.717, 1.165) is 5.56 Å². The zero-order valence-corrected chi connectivity index (χ0v) is 12.9. The van der Waals surface area contributed by atoms with E-state index in [1.165, 1.54) is 20.3 Å². The Hall–Kier alpha value is -2.46. The van der Waals surface area contributed by atoms with E-state index in [2.05, 4.69) is 0 Å². The smallest absolute Gasteiger partial charge is 0.342 e. The summed E-state index contributed by atoms with van der Waals surface area (Å²) in [6.07, 6.45) is 3.43. The average molecular weight is 319 g/mol. The Labute approximate surface area is 133 Å². The number of benzene rings is 2. The van der Waals surface area contributed by atoms with Crippen molar-refractivity contribution in [3.63, 3.8) is 0 Å². The van der Waals surface area contributed by atoms with Crippen molar-refractivity contribution in [1.29, 1.82) is 0 Å². The molecule has 0 aliphatic rings. The number of ether oxygens (including phenoxy) is 2. The molecule has 22 heavy (non-hydrogen) atoms. The van der Waals surface area contributed by atoms with Gasteiger partial charge >= 0.3 is 5.97 Å². The van der Waals surface area contributed by atoms with Gasteiger partial charge in [-0.25, -0.2) is 4.79 Å². The molecule has 0 saturated carbocycles. The number of carbonyl (C=O) groups is 1. The summed E-state index contributed by atoms with van der Waals surface area (Å²) in [6.45, 7) is 0. The Morgan fingerprint density at radius 1 is 1.18 bits per heavy atom. The molecular formula is C17H15ClO4. The van der Waals surface area contributed by atoms with Crippen LogP contribution in [0.5, 0.6) is 11.5 Å². The summed E-state index contributed by atoms with van der Waals surface area (Å²) >= 11 is 6.26. The van der Waals surface area contributed by atoms with Gasteiger partial charge < -0.3 is 14.6 Å². The second-order valence-electron chi connectivity index (χ2n) is 4.44. The normalized spacial score (nSPS) is 10.7. The van der Waals surface area contributed by atoms with Gasteiger partial charge in [-0.15, -0.1) is 0 Å². The number of halogens is 1. The maximum Gasteiger partial charge on any atom is 0.342 e. The molecule has 5 heteroatoms. The van der Waals surface area contributed by atoms with Gasteiger partial charge in [0.1, 0.15) is 17.1 Å². The van der Waals surface area contributed by atoms with Gasteiger partial charge in [-0.2, -0.15) is 0 Å². The summed E-state index contributed by atoms with van der Waals surface area (Å²) in [5.41, 5.74) is 1.27. The second-order valence-corrected chi connectivity index (χ2v) is 4.81. The average Bonchev–Trinajstić information content (AvgIpc) is 2.55. The van der Waals surface area contributed by atoms with Crippen LogP contribution in [0.25, 0.3) is 12.2 Å². The number of methoxy groups -OCH3 is 2. The van der Waals surface area contributed by atoms with Gasteiger partial charge in [0.05, 0.1) is 19.2 Å². The third-order valence-corrected chi connectivity index (χ3v) is 3.49. The van der Waals surface area contributed by atoms with Crippen molar-refractivity contribution in [2.75, 3.05) is 14.2 Å². The van der Waals surface area contributed by atoms with Crippen LogP contribution in [-0.4, -0.2) is 25.3 Å². The molecular weight excluding hydrogens is 304 g/mol. The van der Waals surface area contributed by atoms with Crippen LogP contribution >= 0.6 is 11.6 Å². The highest BCUT2D eigenvalue weighted by molar-refractivity contribution is 6.34. The molecule has 0 aliphatic heterocycles. The van der Waals surface area contributed by atoms with Gasteiger partial charge in [-0.1, -0.05) is 54.1 Å². The van der Waals surface area contributed by atoms with Gasteiger partial charge in [0.2, 0.25) is 0 Å². The quantitative estimate of drug-likeness (QED) is 0.683. The van der Waals surface area contributed by atoms with E-state index < -0.39 is 5.97 Å². The lowest BCUT2D eigenvalue weighted by molar-refractivity contribution is 0.0597. The van der Waals surface area contributed by atoms with Crippen LogP contribution in [0.1, 0.15) is 21.5 Å². The summed E-state index contributed by atoms with van der Waals surface area (Å²) in [7, 11) is 2.67. The number of hydrogen-bond acceptors (Lipinski definition) is 4. The van der Waals surface area contributed by atoms with E-state index in [-0.39, 0.29) is 22.1 Å². The van der Waals surface area contributed by atoms with Crippen LogP contribution in [0.2, 0.25) is 5.02 Å². The summed E-state index contributed by atoms with van der Waals surface area (Å²) in [6, 6.07) is 10.8. The van der Waals surface area contributed by atoms with Crippen molar-refractivity contribution >= 4 is 29.7 Å². The first-order valence-electron chi connectivity index (χ1n) is 6.49. The predicted molar refractivity (Wildman–Crippen MR) is 86.4 cm³/mol. The minimum absolute atomic E-state index is 0.000445. The molecule has 0 heterocycles. The predicted octanol–water partition coefficient (Wildman–Crippen LogP) is 4.01. The van der Waals surface area contributed by atoms with Gasteiger partial charge in [0, 0.05) is 11.6 Å². The number of hydrogen-bond donors (Lipinski definition) is 1. The fourth-order valence-corrected chi connectivity index (χ4v) is 2.29. The Bertz CT molecular complexity index is 708. The van der Waals surface area contributed by atoms with Gasteiger partial charge in [0.15, 0.2) is 0 Å². The maximum absolute atomic E-state index is 11.9. The fraction of sp³-hybridized carbons (Fsp3) is 0.118. The molecule has 0 spiro atoms. The summed E-state index contributed by atoms with van der Waals surface area (Å²) < 4.78 is 9.81. The number of aromatic hydroxyl groups is 1. The van der Waals surface area contributed by atoms with Crippen LogP contribution in [0, 0.1) is 0 Å². The van der Waals surface area contributed by atoms with E-state index >= 15 is 0 Å². The molecule has 0 aliphatic carbocycles. The molecule has 0 aromatic heterocycles. The standard InChI is InChI=1S/C17H15ClO4/c1-21-14-10-13(19)15(17(20)22-2)12(16(14)18)9-8-11-6-4-3-5-7-11/h3-10,19H,1-2H3/b9-8+. The first kappa shape index (κ1) is 15.9. The molecule has 114 valence electrons. The van der Waals surface area contributed by atoms with Crippen molar-refractivity contribution in [3.8, 4) is 11.5 Å². The van der Waals surface area contributed by atoms with E-state index in [4.69, 9.17) is 21.1 Å². The van der Waals surface area contributed by atoms with Crippen LogP contribution in [0.3, 0.4) is 0 Å². The van der Waals surface area contributed by atoms with Crippen molar-refractivity contribution < 1.29 is 19.4 Å². The molecule has 2 aromatic carbocycles. The molecule has 4 nitrogen and oxygen atoms in total. The second kappa shape index (κ2) is 7.00. The molecule has 2 rings (SSSR count). The third-order valence-electron chi connectivity index (χ3n) is 3.10. The molecule has 1 N–H and O–H groups in total. The Morgan fingerprint density at radius 3 is 2.45 bits per heavy atom. The molecule has 0 fully saturated rings. The first-order valence-corrected chi connectivity index (χ1v) is 6.87. The van der Waals surface area contributed by atoms with Crippen molar-refractivity contribution in [3.05, 3.63) is 58.1 Å². The molecule has 0 bridgehead atoms. The van der Waals surface area contributed by atoms with Gasteiger partial charge in [0.25, 0.3) is 0 Å². The summed E-state index contributed by atoms with van der Waals surface area (Å²) in [4.78, 5) is 11.9. The third kappa shape index (κ3) is 3.23. The Morgan fingerprint density at radius 2 is 1.86 bits per heavy atom.